The van der Waals surface area contributed by atoms with Crippen molar-refractivity contribution in [2.45, 2.75) is 44.0 Å². The molecule has 5 heteroatoms. The van der Waals surface area contributed by atoms with Crippen LogP contribution in [0.5, 0.6) is 5.75 Å². The third-order valence-electron chi connectivity index (χ3n) is 3.96. The first-order valence-electron chi connectivity index (χ1n) is 7.95. The molecule has 0 aliphatic heterocycles. The third-order valence-corrected chi connectivity index (χ3v) is 5.05. The van der Waals surface area contributed by atoms with Gasteiger partial charge in [0, 0.05) is 17.8 Å². The average molecular weight is 321 g/mol. The Hall–Kier alpha value is -1.36. The highest BCUT2D eigenvalue weighted by Gasteiger charge is 2.24. The molecule has 0 aromatic heterocycles. The van der Waals surface area contributed by atoms with E-state index in [4.69, 9.17) is 9.73 Å². The van der Waals surface area contributed by atoms with E-state index in [1.165, 1.54) is 19.3 Å². The molecule has 2 unspecified atom stereocenters. The van der Waals surface area contributed by atoms with Crippen LogP contribution in [-0.2, 0) is 6.54 Å². The summed E-state index contributed by atoms with van der Waals surface area (Å²) < 4.78 is 5.26. The molecule has 1 saturated carbocycles. The molecular formula is C17H27N3OS. The molecule has 122 valence electrons. The van der Waals surface area contributed by atoms with Crippen LogP contribution in [0.3, 0.4) is 0 Å². The summed E-state index contributed by atoms with van der Waals surface area (Å²) in [7, 11) is 1.69. The first kappa shape index (κ1) is 17.0. The molecule has 0 heterocycles. The number of hydrogen-bond donors (Lipinski definition) is 2. The van der Waals surface area contributed by atoms with Gasteiger partial charge in [-0.3, -0.25) is 0 Å². The molecule has 0 spiro atoms. The Labute approximate surface area is 138 Å². The van der Waals surface area contributed by atoms with Gasteiger partial charge in [0.15, 0.2) is 5.96 Å². The molecule has 0 saturated heterocycles. The van der Waals surface area contributed by atoms with Crippen LogP contribution >= 0.6 is 11.8 Å². The highest BCUT2D eigenvalue weighted by atomic mass is 32.2. The van der Waals surface area contributed by atoms with E-state index in [0.717, 1.165) is 29.1 Å². The number of benzene rings is 1. The number of nitrogens with zero attached hydrogens (tertiary/aromatic N) is 1. The fourth-order valence-corrected chi connectivity index (χ4v) is 3.54. The van der Waals surface area contributed by atoms with Crippen LogP contribution in [-0.4, -0.2) is 37.2 Å². The maximum absolute atomic E-state index is 5.26. The van der Waals surface area contributed by atoms with Gasteiger partial charge in [-0.05, 0) is 50.1 Å². The summed E-state index contributed by atoms with van der Waals surface area (Å²) in [6, 6.07) is 8.61. The normalized spacial score (nSPS) is 21.7. The summed E-state index contributed by atoms with van der Waals surface area (Å²) in [5.41, 5.74) is 1.16. The molecule has 2 atom stereocenters. The lowest BCUT2D eigenvalue weighted by Gasteiger charge is -2.17. The Balaban J connectivity index is 1.94. The minimum absolute atomic E-state index is 0.542. The van der Waals surface area contributed by atoms with Crippen molar-refractivity contribution >= 4 is 17.7 Å². The second-order valence-electron chi connectivity index (χ2n) is 5.56. The van der Waals surface area contributed by atoms with E-state index in [2.05, 4.69) is 29.9 Å². The predicted molar refractivity (Wildman–Crippen MR) is 95.9 cm³/mol. The van der Waals surface area contributed by atoms with E-state index in [1.807, 2.05) is 30.0 Å². The Morgan fingerprint density at radius 3 is 2.95 bits per heavy atom. The van der Waals surface area contributed by atoms with E-state index in [-0.39, 0.29) is 0 Å². The number of methoxy groups -OCH3 is 1. The molecule has 1 aromatic carbocycles. The summed E-state index contributed by atoms with van der Waals surface area (Å²) in [4.78, 5) is 4.71. The lowest BCUT2D eigenvalue weighted by Crippen LogP contribution is -2.42. The highest BCUT2D eigenvalue weighted by Crippen LogP contribution is 2.28. The Bertz CT molecular complexity index is 493. The number of thioether (sulfide) groups is 1. The average Bonchev–Trinajstić information content (AvgIpc) is 3.00. The molecule has 1 fully saturated rings. The molecular weight excluding hydrogens is 294 g/mol. The van der Waals surface area contributed by atoms with Gasteiger partial charge in [-0.1, -0.05) is 12.1 Å². The van der Waals surface area contributed by atoms with E-state index in [1.54, 1.807) is 7.11 Å². The zero-order valence-electron chi connectivity index (χ0n) is 13.8. The number of rotatable bonds is 6. The number of hydrogen-bond acceptors (Lipinski definition) is 3. The zero-order chi connectivity index (χ0) is 15.8. The standard InChI is InChI=1S/C17H27N3OS/c1-4-18-17(20-14-8-9-16(11-14)22-3)19-12-13-6-5-7-15(10-13)21-2/h5-7,10,14,16H,4,8-9,11-12H2,1-3H3,(H2,18,19,20). The smallest absolute Gasteiger partial charge is 0.191 e. The molecule has 1 aliphatic rings. The monoisotopic (exact) mass is 321 g/mol. The van der Waals surface area contributed by atoms with Crippen molar-refractivity contribution < 1.29 is 4.74 Å². The first-order chi connectivity index (χ1) is 10.7. The van der Waals surface area contributed by atoms with Gasteiger partial charge in [-0.2, -0.15) is 11.8 Å². The molecule has 0 radical (unpaired) electrons. The van der Waals surface area contributed by atoms with Gasteiger partial charge in [-0.15, -0.1) is 0 Å². The second-order valence-corrected chi connectivity index (χ2v) is 6.70. The van der Waals surface area contributed by atoms with Gasteiger partial charge >= 0.3 is 0 Å². The van der Waals surface area contributed by atoms with Crippen LogP contribution < -0.4 is 15.4 Å². The van der Waals surface area contributed by atoms with Crippen LogP contribution in [0.15, 0.2) is 29.3 Å². The molecule has 0 amide bonds. The Kier molecular flexibility index (Phi) is 6.90. The number of nitrogens with one attached hydrogen (secondary N) is 2. The number of ether oxygens (including phenoxy) is 1. The minimum atomic E-state index is 0.542. The van der Waals surface area contributed by atoms with Gasteiger partial charge in [0.1, 0.15) is 5.75 Å². The topological polar surface area (TPSA) is 45.7 Å². The molecule has 0 bridgehead atoms. The Morgan fingerprint density at radius 2 is 2.27 bits per heavy atom. The largest absolute Gasteiger partial charge is 0.497 e. The van der Waals surface area contributed by atoms with Crippen molar-refractivity contribution in [3.05, 3.63) is 29.8 Å². The quantitative estimate of drug-likeness (QED) is 0.624. The van der Waals surface area contributed by atoms with Crippen molar-refractivity contribution in [2.75, 3.05) is 19.9 Å². The van der Waals surface area contributed by atoms with Crippen molar-refractivity contribution in [3.63, 3.8) is 0 Å². The van der Waals surface area contributed by atoms with Crippen molar-refractivity contribution in [3.8, 4) is 5.75 Å². The molecule has 2 rings (SSSR count). The summed E-state index contributed by atoms with van der Waals surface area (Å²) in [6.45, 7) is 3.63. The highest BCUT2D eigenvalue weighted by molar-refractivity contribution is 7.99. The lowest BCUT2D eigenvalue weighted by atomic mass is 10.2. The summed E-state index contributed by atoms with van der Waals surface area (Å²) in [6.07, 6.45) is 5.96. The minimum Gasteiger partial charge on any atom is -0.497 e. The summed E-state index contributed by atoms with van der Waals surface area (Å²) in [5.74, 6) is 1.79. The van der Waals surface area contributed by atoms with Gasteiger partial charge in [0.05, 0.1) is 13.7 Å². The van der Waals surface area contributed by atoms with Gasteiger partial charge < -0.3 is 15.4 Å². The van der Waals surface area contributed by atoms with Crippen molar-refractivity contribution in [1.29, 1.82) is 0 Å². The van der Waals surface area contributed by atoms with E-state index < -0.39 is 0 Å². The summed E-state index contributed by atoms with van der Waals surface area (Å²) >= 11 is 1.98. The van der Waals surface area contributed by atoms with Crippen LogP contribution in [0.25, 0.3) is 0 Å². The summed E-state index contributed by atoms with van der Waals surface area (Å²) in [5, 5.41) is 7.71. The van der Waals surface area contributed by atoms with Gasteiger partial charge in [0.25, 0.3) is 0 Å². The maximum Gasteiger partial charge on any atom is 0.191 e. The number of aliphatic imine (C=N–C) groups is 1. The van der Waals surface area contributed by atoms with Crippen LogP contribution in [0.1, 0.15) is 31.7 Å². The first-order valence-corrected chi connectivity index (χ1v) is 9.24. The van der Waals surface area contributed by atoms with E-state index in [0.29, 0.717) is 12.6 Å². The molecule has 1 aromatic rings. The molecule has 4 nitrogen and oxygen atoms in total. The van der Waals surface area contributed by atoms with E-state index in [9.17, 15) is 0 Å². The fraction of sp³-hybridized carbons (Fsp3) is 0.588. The van der Waals surface area contributed by atoms with Crippen LogP contribution in [0, 0.1) is 0 Å². The SMILES string of the molecule is CCNC(=NCc1cccc(OC)c1)NC1CCC(SC)C1. The lowest BCUT2D eigenvalue weighted by molar-refractivity contribution is 0.414. The van der Waals surface area contributed by atoms with E-state index >= 15 is 0 Å². The maximum atomic E-state index is 5.26. The third kappa shape index (κ3) is 5.13. The second kappa shape index (κ2) is 8.93. The van der Waals surface area contributed by atoms with Crippen molar-refractivity contribution in [1.82, 2.24) is 10.6 Å². The van der Waals surface area contributed by atoms with Gasteiger partial charge in [0.2, 0.25) is 0 Å². The molecule has 1 aliphatic carbocycles. The molecule has 22 heavy (non-hydrogen) atoms. The molecule has 2 N–H and O–H groups in total. The predicted octanol–water partition coefficient (Wildman–Crippen LogP) is 3.03. The zero-order valence-corrected chi connectivity index (χ0v) is 14.6. The Morgan fingerprint density at radius 1 is 1.41 bits per heavy atom. The fourth-order valence-electron chi connectivity index (χ4n) is 2.74. The number of guanidine groups is 1. The van der Waals surface area contributed by atoms with Gasteiger partial charge in [-0.25, -0.2) is 4.99 Å². The van der Waals surface area contributed by atoms with Crippen LogP contribution in [0.2, 0.25) is 0 Å². The van der Waals surface area contributed by atoms with Crippen molar-refractivity contribution in [2.24, 2.45) is 4.99 Å². The van der Waals surface area contributed by atoms with Crippen LogP contribution in [0.4, 0.5) is 0 Å².